The number of hydrogen-bond acceptors (Lipinski definition) is 3. The summed E-state index contributed by atoms with van der Waals surface area (Å²) in [7, 11) is 2.14. The highest BCUT2D eigenvalue weighted by Gasteiger charge is 2.53. The highest BCUT2D eigenvalue weighted by molar-refractivity contribution is 5.06. The van der Waals surface area contributed by atoms with Gasteiger partial charge in [-0.1, -0.05) is 0 Å². The average molecular weight is 288 g/mol. The molecule has 4 saturated carbocycles. The molecule has 4 fully saturated rings. The molecule has 1 aromatic heterocycles. The van der Waals surface area contributed by atoms with Crippen LogP contribution in [0.1, 0.15) is 50.2 Å². The van der Waals surface area contributed by atoms with Crippen molar-refractivity contribution in [2.75, 3.05) is 7.05 Å². The van der Waals surface area contributed by atoms with E-state index in [9.17, 15) is 0 Å². The molecule has 4 aliphatic carbocycles. The van der Waals surface area contributed by atoms with Gasteiger partial charge >= 0.3 is 0 Å². The van der Waals surface area contributed by atoms with Gasteiger partial charge in [0.15, 0.2) is 0 Å². The van der Waals surface area contributed by atoms with Crippen LogP contribution in [0.4, 0.5) is 0 Å². The Bertz CT molecular complexity index is 498. The molecule has 5 rings (SSSR count). The van der Waals surface area contributed by atoms with E-state index in [4.69, 9.17) is 0 Å². The number of nitrogens with one attached hydrogen (secondary N) is 1. The van der Waals surface area contributed by atoms with Crippen LogP contribution in [-0.4, -0.2) is 27.9 Å². The smallest absolute Gasteiger partial charge is 0.147 e. The van der Waals surface area contributed by atoms with Gasteiger partial charge in [0.1, 0.15) is 11.6 Å². The third-order valence-electron chi connectivity index (χ3n) is 6.49. The number of aromatic nitrogens is 3. The molecule has 0 aliphatic heterocycles. The molecule has 4 aliphatic rings. The highest BCUT2D eigenvalue weighted by Crippen LogP contribution is 2.61. The summed E-state index contributed by atoms with van der Waals surface area (Å²) in [6, 6.07) is 0.547. The van der Waals surface area contributed by atoms with Crippen molar-refractivity contribution in [3.63, 3.8) is 0 Å². The van der Waals surface area contributed by atoms with Gasteiger partial charge in [-0.15, -0.1) is 0 Å². The molecule has 1 atom stereocenters. The van der Waals surface area contributed by atoms with Crippen LogP contribution in [0.3, 0.4) is 0 Å². The van der Waals surface area contributed by atoms with Crippen LogP contribution in [0.2, 0.25) is 0 Å². The SMILES string of the molecule is CNC(Cn1nc(C)nc1C)C12CC3CC(CC(C3)C1)C2. The first-order valence-corrected chi connectivity index (χ1v) is 8.63. The summed E-state index contributed by atoms with van der Waals surface area (Å²) < 4.78 is 2.12. The Morgan fingerprint density at radius 1 is 1.14 bits per heavy atom. The molecular formula is C17H28N4. The first kappa shape index (κ1) is 13.7. The summed E-state index contributed by atoms with van der Waals surface area (Å²) in [5.41, 5.74) is 0.524. The topological polar surface area (TPSA) is 42.7 Å². The van der Waals surface area contributed by atoms with E-state index in [1.807, 2.05) is 6.92 Å². The van der Waals surface area contributed by atoms with E-state index in [0.717, 1.165) is 35.9 Å². The van der Waals surface area contributed by atoms with Gasteiger partial charge in [-0.3, -0.25) is 0 Å². The maximum absolute atomic E-state index is 4.59. The molecule has 4 heteroatoms. The largest absolute Gasteiger partial charge is 0.315 e. The van der Waals surface area contributed by atoms with Gasteiger partial charge in [0.05, 0.1) is 6.54 Å². The quantitative estimate of drug-likeness (QED) is 0.926. The second-order valence-corrected chi connectivity index (χ2v) is 8.01. The molecule has 1 aromatic rings. The van der Waals surface area contributed by atoms with Gasteiger partial charge in [0, 0.05) is 6.04 Å². The first-order valence-electron chi connectivity index (χ1n) is 8.63. The normalized spacial score (nSPS) is 38.9. The molecule has 116 valence electrons. The predicted molar refractivity (Wildman–Crippen MR) is 82.9 cm³/mol. The summed E-state index contributed by atoms with van der Waals surface area (Å²) in [6.07, 6.45) is 8.86. The van der Waals surface area contributed by atoms with Crippen LogP contribution in [0.5, 0.6) is 0 Å². The van der Waals surface area contributed by atoms with Crippen LogP contribution < -0.4 is 5.32 Å². The molecule has 4 bridgehead atoms. The van der Waals surface area contributed by atoms with Crippen LogP contribution in [-0.2, 0) is 6.54 Å². The Balaban J connectivity index is 1.59. The van der Waals surface area contributed by atoms with Crippen LogP contribution in [0, 0.1) is 37.0 Å². The monoisotopic (exact) mass is 288 g/mol. The van der Waals surface area contributed by atoms with Gasteiger partial charge in [-0.2, -0.15) is 5.10 Å². The fourth-order valence-corrected chi connectivity index (χ4v) is 6.10. The predicted octanol–water partition coefficient (Wildman–Crippen LogP) is 2.70. The second kappa shape index (κ2) is 4.80. The Kier molecular flexibility index (Phi) is 3.14. The first-order chi connectivity index (χ1) is 10.1. The zero-order chi connectivity index (χ0) is 14.6. The van der Waals surface area contributed by atoms with E-state index in [2.05, 4.69) is 34.1 Å². The summed E-state index contributed by atoms with van der Waals surface area (Å²) in [5.74, 6) is 4.97. The highest BCUT2D eigenvalue weighted by atomic mass is 15.4. The van der Waals surface area contributed by atoms with Crippen molar-refractivity contribution < 1.29 is 0 Å². The van der Waals surface area contributed by atoms with E-state index in [1.165, 1.54) is 38.5 Å². The van der Waals surface area contributed by atoms with E-state index in [-0.39, 0.29) is 0 Å². The zero-order valence-corrected chi connectivity index (χ0v) is 13.6. The van der Waals surface area contributed by atoms with Crippen molar-refractivity contribution in [2.24, 2.45) is 23.2 Å². The maximum atomic E-state index is 4.59. The molecule has 0 radical (unpaired) electrons. The minimum Gasteiger partial charge on any atom is -0.315 e. The van der Waals surface area contributed by atoms with Gasteiger partial charge in [-0.05, 0) is 82.6 Å². The van der Waals surface area contributed by atoms with Gasteiger partial charge in [-0.25, -0.2) is 9.67 Å². The van der Waals surface area contributed by atoms with Crippen molar-refractivity contribution in [3.8, 4) is 0 Å². The molecule has 0 saturated heterocycles. The lowest BCUT2D eigenvalue weighted by atomic mass is 9.47. The van der Waals surface area contributed by atoms with Gasteiger partial charge in [0.25, 0.3) is 0 Å². The van der Waals surface area contributed by atoms with E-state index >= 15 is 0 Å². The Hall–Kier alpha value is -0.900. The molecule has 1 unspecified atom stereocenters. The average Bonchev–Trinajstić information content (AvgIpc) is 2.72. The van der Waals surface area contributed by atoms with Gasteiger partial charge in [0.2, 0.25) is 0 Å². The van der Waals surface area contributed by atoms with E-state index in [1.54, 1.807) is 0 Å². The summed E-state index contributed by atoms with van der Waals surface area (Å²) in [5, 5.41) is 8.25. The molecule has 1 heterocycles. The molecule has 21 heavy (non-hydrogen) atoms. The van der Waals surface area contributed by atoms with E-state index in [0.29, 0.717) is 11.5 Å². The van der Waals surface area contributed by atoms with Crippen molar-refractivity contribution in [2.45, 2.75) is 65.0 Å². The number of likely N-dealkylation sites (N-methyl/N-ethyl adjacent to an activating group) is 1. The van der Waals surface area contributed by atoms with Crippen LogP contribution in [0.15, 0.2) is 0 Å². The molecule has 4 nitrogen and oxygen atoms in total. The molecule has 0 aromatic carbocycles. The molecule has 1 N–H and O–H groups in total. The van der Waals surface area contributed by atoms with Crippen LogP contribution >= 0.6 is 0 Å². The number of hydrogen-bond donors (Lipinski definition) is 1. The number of nitrogens with zero attached hydrogens (tertiary/aromatic N) is 3. The van der Waals surface area contributed by atoms with Crippen molar-refractivity contribution >= 4 is 0 Å². The summed E-state index contributed by atoms with van der Waals surface area (Å²) >= 11 is 0. The summed E-state index contributed by atoms with van der Waals surface area (Å²) in [6.45, 7) is 5.05. The molecule has 0 amide bonds. The second-order valence-electron chi connectivity index (χ2n) is 8.01. The Morgan fingerprint density at radius 3 is 2.14 bits per heavy atom. The Labute approximate surface area is 127 Å². The number of rotatable bonds is 4. The fraction of sp³-hybridized carbons (Fsp3) is 0.882. The minimum atomic E-state index is 0.524. The number of aryl methyl sites for hydroxylation is 2. The van der Waals surface area contributed by atoms with Crippen LogP contribution in [0.25, 0.3) is 0 Å². The van der Waals surface area contributed by atoms with Crippen molar-refractivity contribution in [3.05, 3.63) is 11.6 Å². The third kappa shape index (κ3) is 2.23. The molecular weight excluding hydrogens is 260 g/mol. The third-order valence-corrected chi connectivity index (χ3v) is 6.49. The Morgan fingerprint density at radius 2 is 1.71 bits per heavy atom. The van der Waals surface area contributed by atoms with Crippen molar-refractivity contribution in [1.29, 1.82) is 0 Å². The molecule has 0 spiro atoms. The lowest BCUT2D eigenvalue weighted by Crippen LogP contribution is -2.56. The van der Waals surface area contributed by atoms with Gasteiger partial charge < -0.3 is 5.32 Å². The fourth-order valence-electron chi connectivity index (χ4n) is 6.10. The summed E-state index contributed by atoms with van der Waals surface area (Å²) in [4.78, 5) is 4.47. The lowest BCUT2D eigenvalue weighted by molar-refractivity contribution is -0.0760. The van der Waals surface area contributed by atoms with E-state index < -0.39 is 0 Å². The van der Waals surface area contributed by atoms with Crippen molar-refractivity contribution in [1.82, 2.24) is 20.1 Å². The standard InChI is InChI=1S/C17H28N4/c1-11-19-12(2)21(20-11)10-16(18-3)17-7-13-4-14(8-17)6-15(5-13)9-17/h13-16,18H,4-10H2,1-3H3. The zero-order valence-electron chi connectivity index (χ0n) is 13.6. The lowest BCUT2D eigenvalue weighted by Gasteiger charge is -2.59. The maximum Gasteiger partial charge on any atom is 0.147 e. The minimum absolute atomic E-state index is 0.524.